The summed E-state index contributed by atoms with van der Waals surface area (Å²) in [5, 5.41) is 3.45. The van der Waals surface area contributed by atoms with E-state index in [0.29, 0.717) is 0 Å². The summed E-state index contributed by atoms with van der Waals surface area (Å²) in [7, 11) is 0. The third-order valence-electron chi connectivity index (χ3n) is 3.45. The molecule has 1 aliphatic carbocycles. The Morgan fingerprint density at radius 2 is 2.31 bits per heavy atom. The first-order chi connectivity index (χ1) is 7.88. The second kappa shape index (κ2) is 3.95. The van der Waals surface area contributed by atoms with Crippen molar-refractivity contribution in [1.82, 2.24) is 5.32 Å². The molecule has 0 amide bonds. The van der Waals surface area contributed by atoms with Crippen LogP contribution in [0.1, 0.15) is 24.5 Å². The van der Waals surface area contributed by atoms with E-state index >= 15 is 0 Å². The molecule has 0 unspecified atom stereocenters. The lowest BCUT2D eigenvalue weighted by atomic mass is 10.0. The lowest BCUT2D eigenvalue weighted by molar-refractivity contribution is 0.340. The van der Waals surface area contributed by atoms with Crippen LogP contribution >= 0.6 is 0 Å². The van der Waals surface area contributed by atoms with Crippen molar-refractivity contribution in [3.8, 4) is 5.75 Å². The van der Waals surface area contributed by atoms with Gasteiger partial charge in [0.15, 0.2) is 0 Å². The number of hydrogen-bond donors (Lipinski definition) is 1. The molecule has 1 N–H and O–H groups in total. The van der Waals surface area contributed by atoms with Crippen molar-refractivity contribution < 1.29 is 4.74 Å². The molecule has 0 saturated heterocycles. The van der Waals surface area contributed by atoms with Crippen LogP contribution in [0.5, 0.6) is 5.75 Å². The number of rotatable bonds is 2. The minimum Gasteiger partial charge on any atom is -0.494 e. The molecule has 0 atom stereocenters. The summed E-state index contributed by atoms with van der Waals surface area (Å²) in [6.45, 7) is 4.92. The number of fused-ring (bicyclic) bond motifs is 2. The van der Waals surface area contributed by atoms with Crippen molar-refractivity contribution in [1.29, 1.82) is 0 Å². The van der Waals surface area contributed by atoms with Gasteiger partial charge in [-0.2, -0.15) is 0 Å². The lowest BCUT2D eigenvalue weighted by Gasteiger charge is -2.16. The number of hydrogen-bond acceptors (Lipinski definition) is 2. The minimum atomic E-state index is 0.739. The zero-order valence-electron chi connectivity index (χ0n) is 9.68. The van der Waals surface area contributed by atoms with Gasteiger partial charge < -0.3 is 10.1 Å². The fourth-order valence-corrected chi connectivity index (χ4v) is 2.69. The monoisotopic (exact) mass is 215 g/mol. The predicted molar refractivity (Wildman–Crippen MR) is 65.7 cm³/mol. The van der Waals surface area contributed by atoms with E-state index in [2.05, 4.69) is 23.5 Å². The van der Waals surface area contributed by atoms with Crippen LogP contribution in [0.2, 0.25) is 0 Å². The van der Waals surface area contributed by atoms with Crippen LogP contribution < -0.4 is 10.1 Å². The molecule has 2 heteroatoms. The summed E-state index contributed by atoms with van der Waals surface area (Å²) in [5.41, 5.74) is 6.02. The van der Waals surface area contributed by atoms with Crippen molar-refractivity contribution >= 4 is 5.57 Å². The highest BCUT2D eigenvalue weighted by Gasteiger charge is 2.23. The van der Waals surface area contributed by atoms with Crippen LogP contribution in [-0.4, -0.2) is 19.7 Å². The molecule has 2 nitrogen and oxygen atoms in total. The summed E-state index contributed by atoms with van der Waals surface area (Å²) in [6.07, 6.45) is 2.35. The third-order valence-corrected chi connectivity index (χ3v) is 3.45. The van der Waals surface area contributed by atoms with Gasteiger partial charge in [0.2, 0.25) is 0 Å². The van der Waals surface area contributed by atoms with E-state index in [1.807, 2.05) is 6.92 Å². The fraction of sp³-hybridized carbons (Fsp3) is 0.429. The van der Waals surface area contributed by atoms with E-state index in [4.69, 9.17) is 4.74 Å². The zero-order valence-corrected chi connectivity index (χ0v) is 9.68. The lowest BCUT2D eigenvalue weighted by Crippen LogP contribution is -2.22. The van der Waals surface area contributed by atoms with Gasteiger partial charge in [-0.05, 0) is 55.1 Å². The first-order valence-electron chi connectivity index (χ1n) is 6.06. The molecule has 0 spiro atoms. The molecule has 3 rings (SSSR count). The van der Waals surface area contributed by atoms with E-state index in [0.717, 1.165) is 31.9 Å². The first kappa shape index (κ1) is 9.91. The van der Waals surface area contributed by atoms with E-state index in [1.165, 1.54) is 23.1 Å². The smallest absolute Gasteiger partial charge is 0.119 e. The van der Waals surface area contributed by atoms with Gasteiger partial charge in [-0.15, -0.1) is 0 Å². The molecule has 0 bridgehead atoms. The Balaban J connectivity index is 1.99. The van der Waals surface area contributed by atoms with Crippen LogP contribution in [0.4, 0.5) is 0 Å². The normalized spacial score (nSPS) is 18.3. The molecule has 1 aromatic carbocycles. The topological polar surface area (TPSA) is 21.3 Å². The van der Waals surface area contributed by atoms with Gasteiger partial charge in [0.05, 0.1) is 6.61 Å². The molecule has 1 heterocycles. The molecule has 84 valence electrons. The molecule has 0 saturated carbocycles. The molecule has 16 heavy (non-hydrogen) atoms. The van der Waals surface area contributed by atoms with Crippen LogP contribution in [0.3, 0.4) is 0 Å². The Kier molecular flexibility index (Phi) is 2.44. The number of benzene rings is 1. The van der Waals surface area contributed by atoms with E-state index in [9.17, 15) is 0 Å². The average molecular weight is 215 g/mol. The largest absolute Gasteiger partial charge is 0.494 e. The van der Waals surface area contributed by atoms with E-state index < -0.39 is 0 Å². The maximum Gasteiger partial charge on any atom is 0.119 e. The minimum absolute atomic E-state index is 0.739. The summed E-state index contributed by atoms with van der Waals surface area (Å²) in [5.74, 6) is 1.00. The Bertz CT molecular complexity index is 448. The Labute approximate surface area is 96.3 Å². The fourth-order valence-electron chi connectivity index (χ4n) is 2.69. The van der Waals surface area contributed by atoms with Crippen LogP contribution in [0.25, 0.3) is 5.57 Å². The van der Waals surface area contributed by atoms with Gasteiger partial charge >= 0.3 is 0 Å². The van der Waals surface area contributed by atoms with E-state index in [-0.39, 0.29) is 0 Å². The molecule has 0 fully saturated rings. The van der Waals surface area contributed by atoms with Gasteiger partial charge in [-0.25, -0.2) is 0 Å². The van der Waals surface area contributed by atoms with Gasteiger partial charge in [-0.3, -0.25) is 0 Å². The molecular weight excluding hydrogens is 198 g/mol. The third kappa shape index (κ3) is 1.54. The van der Waals surface area contributed by atoms with Crippen molar-refractivity contribution in [2.75, 3.05) is 19.7 Å². The number of ether oxygens (including phenoxy) is 1. The second-order valence-electron chi connectivity index (χ2n) is 4.44. The second-order valence-corrected chi connectivity index (χ2v) is 4.44. The van der Waals surface area contributed by atoms with Crippen LogP contribution in [0, 0.1) is 0 Å². The van der Waals surface area contributed by atoms with Crippen molar-refractivity contribution in [2.24, 2.45) is 0 Å². The first-order valence-corrected chi connectivity index (χ1v) is 6.06. The molecular formula is C14H17NO. The van der Waals surface area contributed by atoms with Crippen molar-refractivity contribution in [3.05, 3.63) is 34.9 Å². The van der Waals surface area contributed by atoms with Gasteiger partial charge in [-0.1, -0.05) is 11.6 Å². The Morgan fingerprint density at radius 3 is 3.19 bits per heavy atom. The summed E-state index contributed by atoms with van der Waals surface area (Å²) in [6, 6.07) is 6.51. The summed E-state index contributed by atoms with van der Waals surface area (Å²) in [4.78, 5) is 0. The SMILES string of the molecule is CCOc1ccc2c(c1)C1=C(CCNC1)C2. The van der Waals surface area contributed by atoms with E-state index in [1.54, 1.807) is 5.57 Å². The van der Waals surface area contributed by atoms with Gasteiger partial charge in [0, 0.05) is 6.54 Å². The zero-order chi connectivity index (χ0) is 11.0. The highest BCUT2D eigenvalue weighted by Crippen LogP contribution is 2.37. The van der Waals surface area contributed by atoms with Gasteiger partial charge in [0.1, 0.15) is 5.75 Å². The molecule has 1 aromatic rings. The molecule has 0 radical (unpaired) electrons. The average Bonchev–Trinajstić information content (AvgIpc) is 2.68. The van der Waals surface area contributed by atoms with Crippen LogP contribution in [-0.2, 0) is 6.42 Å². The maximum atomic E-state index is 5.57. The van der Waals surface area contributed by atoms with Gasteiger partial charge in [0.25, 0.3) is 0 Å². The van der Waals surface area contributed by atoms with Crippen LogP contribution in [0.15, 0.2) is 23.8 Å². The molecule has 0 aromatic heterocycles. The van der Waals surface area contributed by atoms with Crippen molar-refractivity contribution in [2.45, 2.75) is 19.8 Å². The van der Waals surface area contributed by atoms with Crippen molar-refractivity contribution in [3.63, 3.8) is 0 Å². The molecule has 1 aliphatic heterocycles. The number of nitrogens with one attached hydrogen (secondary N) is 1. The molecule has 2 aliphatic rings. The summed E-state index contributed by atoms with van der Waals surface area (Å²) >= 11 is 0. The quantitative estimate of drug-likeness (QED) is 0.818. The maximum absolute atomic E-state index is 5.57. The highest BCUT2D eigenvalue weighted by molar-refractivity contribution is 5.79. The highest BCUT2D eigenvalue weighted by atomic mass is 16.5. The standard InChI is InChI=1S/C14H17NO/c1-2-16-12-4-3-10-7-11-5-6-15-9-14(11)13(10)8-12/h3-4,8,15H,2,5-7,9H2,1H3. The predicted octanol–water partition coefficient (Wildman–Crippen LogP) is 2.39. The Morgan fingerprint density at radius 1 is 1.38 bits per heavy atom. The summed E-state index contributed by atoms with van der Waals surface area (Å²) < 4.78 is 5.57. The Hall–Kier alpha value is -1.28.